The van der Waals surface area contributed by atoms with Gasteiger partial charge in [0.15, 0.2) is 11.6 Å². The lowest BCUT2D eigenvalue weighted by atomic mass is 10.2. The van der Waals surface area contributed by atoms with Crippen LogP contribution in [-0.4, -0.2) is 25.5 Å². The molecule has 0 aliphatic carbocycles. The minimum atomic E-state index is -4.20. The molecule has 106 valence electrons. The Morgan fingerprint density at radius 1 is 1.37 bits per heavy atom. The number of benzene rings is 1. The van der Waals surface area contributed by atoms with Gasteiger partial charge in [0, 0.05) is 0 Å². The average Bonchev–Trinajstić information content (AvgIpc) is 2.31. The monoisotopic (exact) mass is 293 g/mol. The fourth-order valence-electron chi connectivity index (χ4n) is 1.42. The molecular weight excluding hydrogens is 280 g/mol. The van der Waals surface area contributed by atoms with Crippen LogP contribution in [-0.2, 0) is 14.8 Å². The largest absolute Gasteiger partial charge is 0.480 e. The van der Waals surface area contributed by atoms with E-state index in [1.54, 1.807) is 6.92 Å². The molecule has 1 aromatic carbocycles. The van der Waals surface area contributed by atoms with Crippen LogP contribution in [0.2, 0.25) is 0 Å². The van der Waals surface area contributed by atoms with E-state index in [4.69, 9.17) is 5.11 Å². The summed E-state index contributed by atoms with van der Waals surface area (Å²) in [5.41, 5.74) is 0. The van der Waals surface area contributed by atoms with Gasteiger partial charge in [-0.15, -0.1) is 0 Å². The predicted octanol–water partition coefficient (Wildman–Crippen LogP) is 1.50. The molecule has 0 aliphatic rings. The molecule has 0 bridgehead atoms. The van der Waals surface area contributed by atoms with E-state index in [2.05, 4.69) is 0 Å². The third-order valence-corrected chi connectivity index (χ3v) is 3.84. The summed E-state index contributed by atoms with van der Waals surface area (Å²) in [6.45, 7) is 1.70. The highest BCUT2D eigenvalue weighted by Gasteiger charge is 2.25. The van der Waals surface area contributed by atoms with Gasteiger partial charge in [0.05, 0.1) is 4.90 Å². The number of carboxylic acids is 1. The van der Waals surface area contributed by atoms with E-state index in [1.807, 2.05) is 4.72 Å². The van der Waals surface area contributed by atoms with E-state index in [-0.39, 0.29) is 6.42 Å². The van der Waals surface area contributed by atoms with E-state index < -0.39 is 38.6 Å². The summed E-state index contributed by atoms with van der Waals surface area (Å²) in [7, 11) is -4.20. The van der Waals surface area contributed by atoms with Crippen LogP contribution in [0, 0.1) is 11.6 Å². The quantitative estimate of drug-likeness (QED) is 0.832. The molecule has 1 rings (SSSR count). The molecule has 0 heterocycles. The molecule has 0 spiro atoms. The second kappa shape index (κ2) is 6.07. The van der Waals surface area contributed by atoms with Crippen molar-refractivity contribution in [1.82, 2.24) is 4.72 Å². The molecular formula is C11H13F2NO4S. The highest BCUT2D eigenvalue weighted by Crippen LogP contribution is 2.14. The lowest BCUT2D eigenvalue weighted by Crippen LogP contribution is -2.40. The first kappa shape index (κ1) is 15.5. The normalized spacial score (nSPS) is 13.2. The van der Waals surface area contributed by atoms with Crippen molar-refractivity contribution in [1.29, 1.82) is 0 Å². The molecule has 8 heteroatoms. The van der Waals surface area contributed by atoms with Crippen molar-refractivity contribution in [2.75, 3.05) is 0 Å². The molecule has 0 saturated carbocycles. The van der Waals surface area contributed by atoms with Crippen molar-refractivity contribution >= 4 is 16.0 Å². The number of aliphatic carboxylic acids is 1. The zero-order valence-electron chi connectivity index (χ0n) is 10.1. The van der Waals surface area contributed by atoms with Crippen molar-refractivity contribution in [2.45, 2.75) is 30.7 Å². The van der Waals surface area contributed by atoms with E-state index in [0.29, 0.717) is 18.6 Å². The number of hydrogen-bond donors (Lipinski definition) is 2. The molecule has 1 atom stereocenters. The van der Waals surface area contributed by atoms with E-state index in [1.165, 1.54) is 0 Å². The van der Waals surface area contributed by atoms with Crippen LogP contribution in [0.25, 0.3) is 0 Å². The molecule has 0 unspecified atom stereocenters. The van der Waals surface area contributed by atoms with Gasteiger partial charge >= 0.3 is 5.97 Å². The van der Waals surface area contributed by atoms with E-state index >= 15 is 0 Å². The number of sulfonamides is 1. The Morgan fingerprint density at radius 2 is 2.00 bits per heavy atom. The van der Waals surface area contributed by atoms with Crippen molar-refractivity contribution in [3.63, 3.8) is 0 Å². The van der Waals surface area contributed by atoms with Gasteiger partial charge in [-0.3, -0.25) is 4.79 Å². The molecule has 2 N–H and O–H groups in total. The van der Waals surface area contributed by atoms with Crippen LogP contribution >= 0.6 is 0 Å². The Morgan fingerprint density at radius 3 is 2.47 bits per heavy atom. The highest BCUT2D eigenvalue weighted by atomic mass is 32.2. The fourth-order valence-corrected chi connectivity index (χ4v) is 2.66. The Hall–Kier alpha value is -1.54. The summed E-state index contributed by atoms with van der Waals surface area (Å²) >= 11 is 0. The van der Waals surface area contributed by atoms with Gasteiger partial charge in [-0.2, -0.15) is 4.72 Å². The Balaban J connectivity index is 3.03. The van der Waals surface area contributed by atoms with Crippen molar-refractivity contribution < 1.29 is 27.1 Å². The lowest BCUT2D eigenvalue weighted by Gasteiger charge is -2.13. The first-order valence-electron chi connectivity index (χ1n) is 5.48. The summed E-state index contributed by atoms with van der Waals surface area (Å²) in [4.78, 5) is 10.3. The second-order valence-corrected chi connectivity index (χ2v) is 5.59. The van der Waals surface area contributed by atoms with Gasteiger partial charge in [-0.25, -0.2) is 17.2 Å². The first-order valence-corrected chi connectivity index (χ1v) is 6.96. The van der Waals surface area contributed by atoms with Crippen LogP contribution in [0.3, 0.4) is 0 Å². The molecule has 19 heavy (non-hydrogen) atoms. The number of carboxylic acid groups (broad SMARTS) is 1. The van der Waals surface area contributed by atoms with Crippen LogP contribution in [0.5, 0.6) is 0 Å². The summed E-state index contributed by atoms with van der Waals surface area (Å²) in [6, 6.07) is 0.733. The standard InChI is InChI=1S/C11H13F2NO4S/c1-2-3-10(11(15)16)14-19(17,18)7-4-5-8(12)9(13)6-7/h4-6,10,14H,2-3H2,1H3,(H,15,16)/t10-/m0/s1. The first-order chi connectivity index (χ1) is 8.77. The Kier molecular flexibility index (Phi) is 4.96. The Bertz CT molecular complexity index is 574. The molecule has 0 aliphatic heterocycles. The van der Waals surface area contributed by atoms with Crippen molar-refractivity contribution in [3.05, 3.63) is 29.8 Å². The number of halogens is 2. The average molecular weight is 293 g/mol. The van der Waals surface area contributed by atoms with Gasteiger partial charge in [0.1, 0.15) is 6.04 Å². The zero-order valence-corrected chi connectivity index (χ0v) is 10.9. The van der Waals surface area contributed by atoms with Gasteiger partial charge in [0.2, 0.25) is 10.0 Å². The molecule has 0 saturated heterocycles. The fraction of sp³-hybridized carbons (Fsp3) is 0.364. The highest BCUT2D eigenvalue weighted by molar-refractivity contribution is 7.89. The maximum absolute atomic E-state index is 13.0. The zero-order chi connectivity index (χ0) is 14.6. The van der Waals surface area contributed by atoms with Crippen LogP contribution in [0.1, 0.15) is 19.8 Å². The van der Waals surface area contributed by atoms with E-state index in [0.717, 1.165) is 6.07 Å². The van der Waals surface area contributed by atoms with Gasteiger partial charge in [-0.1, -0.05) is 13.3 Å². The molecule has 1 aromatic rings. The smallest absolute Gasteiger partial charge is 0.321 e. The minimum Gasteiger partial charge on any atom is -0.480 e. The Labute approximate surface area is 109 Å². The SMILES string of the molecule is CCC[C@H](NS(=O)(=O)c1ccc(F)c(F)c1)C(=O)O. The molecule has 0 amide bonds. The van der Waals surface area contributed by atoms with Crippen LogP contribution in [0.15, 0.2) is 23.1 Å². The number of carbonyl (C=O) groups is 1. The topological polar surface area (TPSA) is 83.5 Å². The third kappa shape index (κ3) is 3.97. The summed E-state index contributed by atoms with van der Waals surface area (Å²) in [5, 5.41) is 8.85. The van der Waals surface area contributed by atoms with E-state index in [9.17, 15) is 22.0 Å². The maximum atomic E-state index is 13.0. The van der Waals surface area contributed by atoms with Gasteiger partial charge < -0.3 is 5.11 Å². The summed E-state index contributed by atoms with van der Waals surface area (Å²) in [5.74, 6) is -3.82. The molecule has 5 nitrogen and oxygen atoms in total. The third-order valence-electron chi connectivity index (χ3n) is 2.37. The van der Waals surface area contributed by atoms with Gasteiger partial charge in [0.25, 0.3) is 0 Å². The second-order valence-electron chi connectivity index (χ2n) is 3.88. The van der Waals surface area contributed by atoms with Crippen molar-refractivity contribution in [3.8, 4) is 0 Å². The minimum absolute atomic E-state index is 0.0955. The van der Waals surface area contributed by atoms with Gasteiger partial charge in [-0.05, 0) is 24.6 Å². The summed E-state index contributed by atoms with van der Waals surface area (Å²) < 4.78 is 51.3. The number of rotatable bonds is 6. The van der Waals surface area contributed by atoms with Crippen LogP contribution in [0.4, 0.5) is 8.78 Å². The maximum Gasteiger partial charge on any atom is 0.321 e. The predicted molar refractivity (Wildman–Crippen MR) is 63.0 cm³/mol. The number of nitrogens with one attached hydrogen (secondary N) is 1. The molecule has 0 aromatic heterocycles. The summed E-state index contributed by atoms with van der Waals surface area (Å²) in [6.07, 6.45) is 0.551. The molecule has 0 radical (unpaired) electrons. The molecule has 0 fully saturated rings. The lowest BCUT2D eigenvalue weighted by molar-refractivity contribution is -0.139. The number of hydrogen-bond acceptors (Lipinski definition) is 3. The van der Waals surface area contributed by atoms with Crippen LogP contribution < -0.4 is 4.72 Å². The van der Waals surface area contributed by atoms with Crippen molar-refractivity contribution in [2.24, 2.45) is 0 Å².